The topological polar surface area (TPSA) is 70.7 Å². The first-order valence-corrected chi connectivity index (χ1v) is 7.97. The van der Waals surface area contributed by atoms with Crippen LogP contribution < -0.4 is 5.32 Å². The highest BCUT2D eigenvalue weighted by Crippen LogP contribution is 2.30. The highest BCUT2D eigenvalue weighted by molar-refractivity contribution is 5.77. The van der Waals surface area contributed by atoms with Crippen LogP contribution in [0.2, 0.25) is 0 Å². The van der Waals surface area contributed by atoms with E-state index in [4.69, 9.17) is 5.26 Å². The average Bonchev–Trinajstić information content (AvgIpc) is 3.12. The molecule has 0 radical (unpaired) electrons. The van der Waals surface area contributed by atoms with Gasteiger partial charge in [0, 0.05) is 5.69 Å². The van der Waals surface area contributed by atoms with Crippen molar-refractivity contribution in [2.75, 3.05) is 5.32 Å². The van der Waals surface area contributed by atoms with Crippen LogP contribution in [0, 0.1) is 17.1 Å². The average molecular weight is 388 g/mol. The van der Waals surface area contributed by atoms with E-state index in [-0.39, 0.29) is 23.4 Å². The van der Waals surface area contributed by atoms with Crippen LogP contribution >= 0.6 is 0 Å². The molecule has 0 aliphatic heterocycles. The summed E-state index contributed by atoms with van der Waals surface area (Å²) in [5, 5.41) is 15.5. The van der Waals surface area contributed by atoms with E-state index in [1.807, 2.05) is 6.07 Å². The zero-order valence-corrected chi connectivity index (χ0v) is 14.2. The molecule has 0 aliphatic carbocycles. The fraction of sp³-hybridized carbons (Fsp3) is 0.105. The van der Waals surface area contributed by atoms with Gasteiger partial charge in [-0.05, 0) is 42.5 Å². The summed E-state index contributed by atoms with van der Waals surface area (Å²) in [6.07, 6.45) is -4.30. The van der Waals surface area contributed by atoms with Crippen molar-refractivity contribution >= 4 is 12.0 Å². The van der Waals surface area contributed by atoms with Gasteiger partial charge in [0.1, 0.15) is 5.82 Å². The predicted molar refractivity (Wildman–Crippen MR) is 92.4 cm³/mol. The Kier molecular flexibility index (Phi) is 5.13. The van der Waals surface area contributed by atoms with Crippen LogP contribution in [0.4, 0.5) is 23.2 Å². The summed E-state index contributed by atoms with van der Waals surface area (Å²) in [5.41, 5.74) is -0.167. The molecule has 0 bridgehead atoms. The normalized spacial score (nSPS) is 11.1. The van der Waals surface area contributed by atoms with E-state index < -0.39 is 17.7 Å². The molecule has 0 fully saturated rings. The Bertz CT molecular complexity index is 1070. The van der Waals surface area contributed by atoms with Gasteiger partial charge in [-0.25, -0.2) is 9.07 Å². The number of rotatable bonds is 5. The number of carbonyl (C=O) groups excluding carboxylic acids is 1. The van der Waals surface area contributed by atoms with E-state index >= 15 is 0 Å². The molecule has 0 unspecified atom stereocenters. The van der Waals surface area contributed by atoms with Gasteiger partial charge in [-0.3, -0.25) is 4.79 Å². The Balaban J connectivity index is 1.96. The summed E-state index contributed by atoms with van der Waals surface area (Å²) < 4.78 is 53.8. The van der Waals surface area contributed by atoms with Crippen LogP contribution in [0.5, 0.6) is 0 Å². The van der Waals surface area contributed by atoms with E-state index in [2.05, 4.69) is 10.4 Å². The van der Waals surface area contributed by atoms with Crippen molar-refractivity contribution in [1.82, 2.24) is 9.78 Å². The second-order valence-corrected chi connectivity index (χ2v) is 5.80. The number of hydrogen-bond acceptors (Lipinski definition) is 4. The van der Waals surface area contributed by atoms with Crippen LogP contribution in [0.1, 0.15) is 27.3 Å². The Morgan fingerprint density at radius 2 is 1.96 bits per heavy atom. The third kappa shape index (κ3) is 4.01. The van der Waals surface area contributed by atoms with Crippen LogP contribution in [-0.4, -0.2) is 16.1 Å². The lowest BCUT2D eigenvalue weighted by Crippen LogP contribution is -2.09. The van der Waals surface area contributed by atoms with Crippen LogP contribution in [0.15, 0.2) is 48.5 Å². The molecule has 3 aromatic rings. The minimum absolute atomic E-state index is 0.0796. The molecule has 1 heterocycles. The number of alkyl halides is 3. The van der Waals surface area contributed by atoms with E-state index in [1.165, 1.54) is 36.4 Å². The molecule has 28 heavy (non-hydrogen) atoms. The van der Waals surface area contributed by atoms with Gasteiger partial charge in [-0.15, -0.1) is 0 Å². The van der Waals surface area contributed by atoms with Crippen molar-refractivity contribution < 1.29 is 22.4 Å². The summed E-state index contributed by atoms with van der Waals surface area (Å²) in [7, 11) is 0. The number of aromatic nitrogens is 2. The van der Waals surface area contributed by atoms with Crippen LogP contribution in [-0.2, 0) is 12.7 Å². The third-order valence-electron chi connectivity index (χ3n) is 3.89. The SMILES string of the molecule is N#Cc1cccc(-n2nc(C(F)(F)F)cc2CNc2ccc(F)c(C=O)c2)c1. The molecule has 0 atom stereocenters. The number of benzene rings is 2. The minimum Gasteiger partial charge on any atom is -0.379 e. The van der Waals surface area contributed by atoms with Gasteiger partial charge < -0.3 is 5.32 Å². The number of hydrogen-bond donors (Lipinski definition) is 1. The lowest BCUT2D eigenvalue weighted by atomic mass is 10.2. The van der Waals surface area contributed by atoms with Gasteiger partial charge in [0.05, 0.1) is 35.1 Å². The van der Waals surface area contributed by atoms with Crippen molar-refractivity contribution in [2.45, 2.75) is 12.7 Å². The van der Waals surface area contributed by atoms with Gasteiger partial charge in [0.25, 0.3) is 0 Å². The van der Waals surface area contributed by atoms with Crippen LogP contribution in [0.25, 0.3) is 5.69 Å². The number of aldehydes is 1. The smallest absolute Gasteiger partial charge is 0.379 e. The Labute approximate surface area is 156 Å². The van der Waals surface area contributed by atoms with Crippen molar-refractivity contribution in [3.63, 3.8) is 0 Å². The molecule has 0 saturated heterocycles. The molecule has 1 N–H and O–H groups in total. The Morgan fingerprint density at radius 1 is 1.18 bits per heavy atom. The fourth-order valence-electron chi connectivity index (χ4n) is 2.55. The van der Waals surface area contributed by atoms with Gasteiger partial charge in [-0.1, -0.05) is 6.07 Å². The number of carbonyl (C=O) groups is 1. The van der Waals surface area contributed by atoms with E-state index in [0.717, 1.165) is 16.8 Å². The zero-order chi connectivity index (χ0) is 20.3. The summed E-state index contributed by atoms with van der Waals surface area (Å²) in [6, 6.07) is 12.5. The lowest BCUT2D eigenvalue weighted by Gasteiger charge is -2.10. The number of nitrogens with zero attached hydrogens (tertiary/aromatic N) is 3. The standard InChI is InChI=1S/C19H12F4N4O/c20-17-5-4-14(7-13(17)11-28)25-10-16-8-18(19(21,22)23)26-27(16)15-3-1-2-12(6-15)9-24/h1-8,11,25H,10H2. The summed E-state index contributed by atoms with van der Waals surface area (Å²) in [4.78, 5) is 10.8. The summed E-state index contributed by atoms with van der Waals surface area (Å²) in [5.74, 6) is -0.696. The van der Waals surface area contributed by atoms with E-state index in [9.17, 15) is 22.4 Å². The van der Waals surface area contributed by atoms with E-state index in [1.54, 1.807) is 0 Å². The van der Waals surface area contributed by atoms with E-state index in [0.29, 0.717) is 17.7 Å². The highest BCUT2D eigenvalue weighted by Gasteiger charge is 2.35. The molecule has 0 aliphatic rings. The van der Waals surface area contributed by atoms with Gasteiger partial charge in [0.15, 0.2) is 12.0 Å². The van der Waals surface area contributed by atoms with Gasteiger partial charge >= 0.3 is 6.18 Å². The molecule has 1 aromatic heterocycles. The number of halogens is 4. The Morgan fingerprint density at radius 3 is 2.64 bits per heavy atom. The number of nitriles is 1. The fourth-order valence-corrected chi connectivity index (χ4v) is 2.55. The summed E-state index contributed by atoms with van der Waals surface area (Å²) in [6.45, 7) is -0.0796. The molecule has 0 amide bonds. The number of anilines is 1. The first-order chi connectivity index (χ1) is 13.3. The second-order valence-electron chi connectivity index (χ2n) is 5.80. The predicted octanol–water partition coefficient (Wildman–Crippen LogP) is 4.33. The van der Waals surface area contributed by atoms with Crippen molar-refractivity contribution in [3.8, 4) is 11.8 Å². The number of nitrogens with one attached hydrogen (secondary N) is 1. The van der Waals surface area contributed by atoms with Gasteiger partial charge in [-0.2, -0.15) is 23.5 Å². The molecular formula is C19H12F4N4O. The maximum Gasteiger partial charge on any atom is 0.435 e. The first-order valence-electron chi connectivity index (χ1n) is 7.97. The Hall–Kier alpha value is -3.67. The minimum atomic E-state index is -4.65. The van der Waals surface area contributed by atoms with Crippen molar-refractivity contribution in [1.29, 1.82) is 5.26 Å². The quantitative estimate of drug-likeness (QED) is 0.522. The molecule has 9 heteroatoms. The maximum absolute atomic E-state index is 13.4. The maximum atomic E-state index is 13.4. The van der Waals surface area contributed by atoms with Gasteiger partial charge in [0.2, 0.25) is 0 Å². The molecule has 0 spiro atoms. The monoisotopic (exact) mass is 388 g/mol. The van der Waals surface area contributed by atoms with Crippen LogP contribution in [0.3, 0.4) is 0 Å². The molecule has 142 valence electrons. The molecule has 5 nitrogen and oxygen atoms in total. The van der Waals surface area contributed by atoms with Crippen molar-refractivity contribution in [2.24, 2.45) is 0 Å². The molecule has 3 rings (SSSR count). The largest absolute Gasteiger partial charge is 0.435 e. The first kappa shape index (κ1) is 19.1. The lowest BCUT2D eigenvalue weighted by molar-refractivity contribution is -0.141. The zero-order valence-electron chi connectivity index (χ0n) is 14.2. The third-order valence-corrected chi connectivity index (χ3v) is 3.89. The molecular weight excluding hydrogens is 376 g/mol. The second kappa shape index (κ2) is 7.52. The highest BCUT2D eigenvalue weighted by atomic mass is 19.4. The van der Waals surface area contributed by atoms with Crippen molar-refractivity contribution in [3.05, 3.63) is 76.9 Å². The molecule has 0 saturated carbocycles. The summed E-state index contributed by atoms with van der Waals surface area (Å²) >= 11 is 0. The molecule has 2 aromatic carbocycles.